The maximum Gasteiger partial charge on any atom is 0.0624 e. The molecule has 0 aliphatic heterocycles. The smallest absolute Gasteiger partial charge is 0.0624 e. The molecule has 1 aromatic carbocycles. The van der Waals surface area contributed by atoms with Gasteiger partial charge in [-0.2, -0.15) is 0 Å². The molecule has 14 heavy (non-hydrogen) atoms. The maximum absolute atomic E-state index is 9.05. The topological polar surface area (TPSA) is 46.2 Å². The van der Waals surface area contributed by atoms with Gasteiger partial charge < -0.3 is 10.8 Å². The zero-order valence-electron chi connectivity index (χ0n) is 9.12. The summed E-state index contributed by atoms with van der Waals surface area (Å²) in [6.45, 7) is 6.44. The van der Waals surface area contributed by atoms with E-state index >= 15 is 0 Å². The monoisotopic (exact) mass is 193 g/mol. The Labute approximate surface area is 85.8 Å². The normalized spacial score (nSPS) is 14.1. The van der Waals surface area contributed by atoms with Crippen LogP contribution in [0.1, 0.15) is 37.9 Å². The summed E-state index contributed by atoms with van der Waals surface area (Å²) in [5.41, 5.74) is 8.17. The molecule has 2 heteroatoms. The van der Waals surface area contributed by atoms with E-state index < -0.39 is 0 Å². The highest BCUT2D eigenvalue weighted by Crippen LogP contribution is 2.28. The van der Waals surface area contributed by atoms with Gasteiger partial charge in [0.25, 0.3) is 0 Å². The van der Waals surface area contributed by atoms with E-state index in [1.54, 1.807) is 0 Å². The summed E-state index contributed by atoms with van der Waals surface area (Å²) in [5, 5.41) is 9.05. The Hall–Kier alpha value is -0.860. The van der Waals surface area contributed by atoms with Crippen LogP contribution in [0.5, 0.6) is 0 Å². The summed E-state index contributed by atoms with van der Waals surface area (Å²) in [5.74, 6) is 0. The first kappa shape index (κ1) is 11.2. The molecule has 3 N–H and O–H groups in total. The number of nitrogens with two attached hydrogens (primary N) is 1. The summed E-state index contributed by atoms with van der Waals surface area (Å²) in [6, 6.07) is 7.76. The highest BCUT2D eigenvalue weighted by Gasteiger charge is 2.19. The largest absolute Gasteiger partial charge is 0.394 e. The average Bonchev–Trinajstić information content (AvgIpc) is 2.15. The molecule has 2 nitrogen and oxygen atoms in total. The van der Waals surface area contributed by atoms with Gasteiger partial charge in [0.2, 0.25) is 0 Å². The molecule has 0 aliphatic carbocycles. The quantitative estimate of drug-likeness (QED) is 0.754. The van der Waals surface area contributed by atoms with E-state index in [0.29, 0.717) is 0 Å². The Morgan fingerprint density at radius 3 is 2.36 bits per heavy atom. The molecule has 0 saturated heterocycles. The molecule has 0 amide bonds. The highest BCUT2D eigenvalue weighted by atomic mass is 16.3. The third-order valence-electron chi connectivity index (χ3n) is 2.36. The first-order valence-electron chi connectivity index (χ1n) is 4.92. The summed E-state index contributed by atoms with van der Waals surface area (Å²) in [4.78, 5) is 0. The molecule has 0 unspecified atom stereocenters. The summed E-state index contributed by atoms with van der Waals surface area (Å²) in [6.07, 6.45) is 0. The molecule has 0 bridgehead atoms. The van der Waals surface area contributed by atoms with E-state index in [1.807, 2.05) is 18.2 Å². The van der Waals surface area contributed by atoms with Gasteiger partial charge in [0.05, 0.1) is 12.6 Å². The average molecular weight is 193 g/mol. The second-order valence-electron chi connectivity index (χ2n) is 4.63. The highest BCUT2D eigenvalue weighted by molar-refractivity contribution is 5.34. The van der Waals surface area contributed by atoms with Crippen LogP contribution in [-0.4, -0.2) is 11.7 Å². The Balaban J connectivity index is 3.16. The molecule has 0 radical (unpaired) electrons. The summed E-state index contributed by atoms with van der Waals surface area (Å²) >= 11 is 0. The van der Waals surface area contributed by atoms with E-state index in [9.17, 15) is 0 Å². The van der Waals surface area contributed by atoms with E-state index in [1.165, 1.54) is 5.56 Å². The molecular formula is C12H19NO. The summed E-state index contributed by atoms with van der Waals surface area (Å²) < 4.78 is 0. The van der Waals surface area contributed by atoms with Crippen LogP contribution in [0.2, 0.25) is 0 Å². The van der Waals surface area contributed by atoms with Gasteiger partial charge in [0, 0.05) is 0 Å². The molecule has 0 aromatic heterocycles. The number of rotatable bonds is 2. The van der Waals surface area contributed by atoms with Gasteiger partial charge >= 0.3 is 0 Å². The molecule has 0 fully saturated rings. The lowest BCUT2D eigenvalue weighted by Gasteiger charge is -2.25. The molecule has 1 atom stereocenters. The second-order valence-corrected chi connectivity index (χ2v) is 4.63. The standard InChI is InChI=1S/C12H19NO/c1-12(2,3)10-7-5-4-6-9(10)11(13)8-14/h4-7,11,14H,8,13H2,1-3H3/t11-/m0/s1. The lowest BCUT2D eigenvalue weighted by molar-refractivity contribution is 0.266. The lowest BCUT2D eigenvalue weighted by Crippen LogP contribution is -2.21. The van der Waals surface area contributed by atoms with E-state index in [4.69, 9.17) is 10.8 Å². The molecular weight excluding hydrogens is 174 g/mol. The van der Waals surface area contributed by atoms with Gasteiger partial charge in [-0.25, -0.2) is 0 Å². The Kier molecular flexibility index (Phi) is 3.29. The van der Waals surface area contributed by atoms with Gasteiger partial charge in [-0.05, 0) is 16.5 Å². The van der Waals surface area contributed by atoms with Crippen molar-refractivity contribution in [3.8, 4) is 0 Å². The first-order valence-corrected chi connectivity index (χ1v) is 4.92. The zero-order valence-corrected chi connectivity index (χ0v) is 9.12. The molecule has 0 aliphatic rings. The van der Waals surface area contributed by atoms with Crippen molar-refractivity contribution < 1.29 is 5.11 Å². The third-order valence-corrected chi connectivity index (χ3v) is 2.36. The SMILES string of the molecule is CC(C)(C)c1ccccc1[C@@H](N)CO. The number of aliphatic hydroxyl groups excluding tert-OH is 1. The zero-order chi connectivity index (χ0) is 10.8. The fourth-order valence-corrected chi connectivity index (χ4v) is 1.60. The number of benzene rings is 1. The van der Waals surface area contributed by atoms with Crippen LogP contribution in [0.3, 0.4) is 0 Å². The van der Waals surface area contributed by atoms with Crippen LogP contribution in [-0.2, 0) is 5.41 Å². The van der Waals surface area contributed by atoms with Crippen molar-refractivity contribution in [3.05, 3.63) is 35.4 Å². The van der Waals surface area contributed by atoms with Crippen LogP contribution in [0.4, 0.5) is 0 Å². The maximum atomic E-state index is 9.05. The summed E-state index contributed by atoms with van der Waals surface area (Å²) in [7, 11) is 0. The third kappa shape index (κ3) is 2.34. The fourth-order valence-electron chi connectivity index (χ4n) is 1.60. The van der Waals surface area contributed by atoms with Crippen molar-refractivity contribution >= 4 is 0 Å². The van der Waals surface area contributed by atoms with Gasteiger partial charge in [0.1, 0.15) is 0 Å². The van der Waals surface area contributed by atoms with Crippen molar-refractivity contribution in [2.24, 2.45) is 5.73 Å². The van der Waals surface area contributed by atoms with E-state index in [-0.39, 0.29) is 18.1 Å². The minimum Gasteiger partial charge on any atom is -0.394 e. The van der Waals surface area contributed by atoms with Crippen molar-refractivity contribution in [2.45, 2.75) is 32.2 Å². The van der Waals surface area contributed by atoms with Crippen LogP contribution >= 0.6 is 0 Å². The number of hydrogen-bond acceptors (Lipinski definition) is 2. The molecule has 0 spiro atoms. The van der Waals surface area contributed by atoms with Crippen molar-refractivity contribution in [3.63, 3.8) is 0 Å². The van der Waals surface area contributed by atoms with Crippen molar-refractivity contribution in [1.29, 1.82) is 0 Å². The molecule has 0 saturated carbocycles. The van der Waals surface area contributed by atoms with Crippen molar-refractivity contribution in [1.82, 2.24) is 0 Å². The van der Waals surface area contributed by atoms with Crippen LogP contribution in [0, 0.1) is 0 Å². The molecule has 78 valence electrons. The van der Waals surface area contributed by atoms with E-state index in [2.05, 4.69) is 26.8 Å². The van der Waals surface area contributed by atoms with Crippen LogP contribution < -0.4 is 5.73 Å². The van der Waals surface area contributed by atoms with Crippen LogP contribution in [0.25, 0.3) is 0 Å². The Bertz CT molecular complexity index is 301. The van der Waals surface area contributed by atoms with Gasteiger partial charge in [-0.1, -0.05) is 45.0 Å². The lowest BCUT2D eigenvalue weighted by atomic mass is 9.82. The minimum atomic E-state index is -0.273. The molecule has 0 heterocycles. The molecule has 1 rings (SSSR count). The second kappa shape index (κ2) is 4.11. The van der Waals surface area contributed by atoms with Gasteiger partial charge in [-0.3, -0.25) is 0 Å². The minimum absolute atomic E-state index is 0.00685. The number of aliphatic hydroxyl groups is 1. The van der Waals surface area contributed by atoms with Crippen LogP contribution in [0.15, 0.2) is 24.3 Å². The predicted octanol–water partition coefficient (Wildman–Crippen LogP) is 1.98. The number of hydrogen-bond donors (Lipinski definition) is 2. The predicted molar refractivity (Wildman–Crippen MR) is 59.2 cm³/mol. The molecule has 1 aromatic rings. The van der Waals surface area contributed by atoms with Crippen molar-refractivity contribution in [2.75, 3.05) is 6.61 Å². The fraction of sp³-hybridized carbons (Fsp3) is 0.500. The Morgan fingerprint density at radius 1 is 1.29 bits per heavy atom. The van der Waals surface area contributed by atoms with Gasteiger partial charge in [0.15, 0.2) is 0 Å². The van der Waals surface area contributed by atoms with E-state index in [0.717, 1.165) is 5.56 Å². The first-order chi connectivity index (χ1) is 6.46. The van der Waals surface area contributed by atoms with Gasteiger partial charge in [-0.15, -0.1) is 0 Å². The Morgan fingerprint density at radius 2 is 1.86 bits per heavy atom.